The van der Waals surface area contributed by atoms with Crippen LogP contribution in [0.15, 0.2) is 23.1 Å². The molecule has 4 rings (SSSR count). The van der Waals surface area contributed by atoms with Crippen LogP contribution in [0.4, 0.5) is 19.1 Å². The first-order chi connectivity index (χ1) is 12.4. The van der Waals surface area contributed by atoms with Gasteiger partial charge < -0.3 is 4.90 Å². The van der Waals surface area contributed by atoms with Gasteiger partial charge in [0.1, 0.15) is 5.69 Å². The second-order valence-corrected chi connectivity index (χ2v) is 7.56. The summed E-state index contributed by atoms with van der Waals surface area (Å²) >= 11 is 1.79. The summed E-state index contributed by atoms with van der Waals surface area (Å²) in [5.74, 6) is 2.03. The second kappa shape index (κ2) is 6.57. The summed E-state index contributed by atoms with van der Waals surface area (Å²) < 4.78 is 39.7. The Kier molecular flexibility index (Phi) is 4.37. The minimum absolute atomic E-state index is 0.0684. The molecule has 2 aliphatic rings. The van der Waals surface area contributed by atoms with Gasteiger partial charge in [0.05, 0.1) is 12.2 Å². The summed E-state index contributed by atoms with van der Waals surface area (Å²) in [6, 6.07) is 2.51. The van der Waals surface area contributed by atoms with Gasteiger partial charge in [-0.25, -0.2) is 14.6 Å². The van der Waals surface area contributed by atoms with Crippen molar-refractivity contribution in [3.8, 4) is 0 Å². The van der Waals surface area contributed by atoms with E-state index >= 15 is 0 Å². The quantitative estimate of drug-likeness (QED) is 0.808. The maximum absolute atomic E-state index is 12.7. The number of thioether (sulfide) groups is 1. The van der Waals surface area contributed by atoms with E-state index in [1.807, 2.05) is 0 Å². The van der Waals surface area contributed by atoms with Gasteiger partial charge in [0.2, 0.25) is 5.95 Å². The molecule has 0 radical (unpaired) electrons. The van der Waals surface area contributed by atoms with Crippen LogP contribution in [-0.4, -0.2) is 38.6 Å². The Morgan fingerprint density at radius 1 is 1.31 bits per heavy atom. The molecule has 2 aliphatic heterocycles. The van der Waals surface area contributed by atoms with E-state index in [1.165, 1.54) is 4.68 Å². The zero-order valence-corrected chi connectivity index (χ0v) is 14.6. The summed E-state index contributed by atoms with van der Waals surface area (Å²) in [5.41, 5.74) is 0.909. The number of alkyl halides is 3. The molecule has 4 heterocycles. The van der Waals surface area contributed by atoms with Crippen molar-refractivity contribution < 1.29 is 13.2 Å². The van der Waals surface area contributed by atoms with Crippen LogP contribution < -0.4 is 10.5 Å². The zero-order valence-electron chi connectivity index (χ0n) is 13.7. The van der Waals surface area contributed by atoms with Gasteiger partial charge in [-0.05, 0) is 17.4 Å². The normalized spacial score (nSPS) is 17.7. The number of halogens is 3. The van der Waals surface area contributed by atoms with Gasteiger partial charge in [-0.15, -0.1) is 0 Å². The molecule has 0 aliphatic carbocycles. The van der Waals surface area contributed by atoms with E-state index in [0.717, 1.165) is 41.4 Å². The second-order valence-electron chi connectivity index (χ2n) is 6.45. The first-order valence-electron chi connectivity index (χ1n) is 8.23. The Balaban J connectivity index is 1.42. The minimum Gasteiger partial charge on any atom is -0.340 e. The predicted molar refractivity (Wildman–Crippen MR) is 91.1 cm³/mol. The van der Waals surface area contributed by atoms with Crippen molar-refractivity contribution in [3.63, 3.8) is 0 Å². The molecule has 2 aromatic rings. The molecule has 1 saturated heterocycles. The van der Waals surface area contributed by atoms with Gasteiger partial charge in [-0.2, -0.15) is 30.0 Å². The zero-order chi connectivity index (χ0) is 18.3. The number of fused-ring (bicyclic) bond motifs is 1. The molecule has 26 heavy (non-hydrogen) atoms. The van der Waals surface area contributed by atoms with Gasteiger partial charge in [-0.1, -0.05) is 0 Å². The van der Waals surface area contributed by atoms with Crippen molar-refractivity contribution in [3.05, 3.63) is 45.6 Å². The fraction of sp³-hybridized carbons (Fsp3) is 0.500. The Morgan fingerprint density at radius 2 is 2.12 bits per heavy atom. The highest BCUT2D eigenvalue weighted by Crippen LogP contribution is 2.30. The molecule has 0 spiro atoms. The fourth-order valence-electron chi connectivity index (χ4n) is 3.14. The van der Waals surface area contributed by atoms with E-state index in [4.69, 9.17) is 0 Å². The van der Waals surface area contributed by atoms with Crippen LogP contribution >= 0.6 is 11.8 Å². The summed E-state index contributed by atoms with van der Waals surface area (Å²) in [4.78, 5) is 21.4. The van der Waals surface area contributed by atoms with Gasteiger partial charge in [0.25, 0.3) is 5.56 Å². The minimum atomic E-state index is -4.49. The molecular weight excluding hydrogens is 367 g/mol. The SMILES string of the molecule is O=c1cc2c(nn1CC1CN(c3nccc(C(F)(F)F)n3)C1)CCSC2. The van der Waals surface area contributed by atoms with Crippen LogP contribution in [0.25, 0.3) is 0 Å². The molecule has 0 saturated carbocycles. The molecular formula is C16H16F3N5OS. The Bertz CT molecular complexity index is 879. The van der Waals surface area contributed by atoms with Crippen LogP contribution in [0, 0.1) is 5.92 Å². The fourth-order valence-corrected chi connectivity index (χ4v) is 4.09. The van der Waals surface area contributed by atoms with E-state index in [0.29, 0.717) is 19.6 Å². The molecule has 6 nitrogen and oxygen atoms in total. The first kappa shape index (κ1) is 17.3. The maximum atomic E-state index is 12.7. The molecule has 0 unspecified atom stereocenters. The third-order valence-corrected chi connectivity index (χ3v) is 5.52. The standard InChI is InChI=1S/C16H16F3N5OS/c17-16(18,19)13-1-3-20-15(21-13)23-6-10(7-23)8-24-14(25)5-11-9-26-4-2-12(11)22-24/h1,3,5,10H,2,4,6-9H2. The number of rotatable bonds is 3. The highest BCUT2D eigenvalue weighted by Gasteiger charge is 2.35. The number of hydrogen-bond acceptors (Lipinski definition) is 6. The lowest BCUT2D eigenvalue weighted by molar-refractivity contribution is -0.141. The van der Waals surface area contributed by atoms with Crippen LogP contribution in [-0.2, 0) is 24.9 Å². The van der Waals surface area contributed by atoms with Crippen LogP contribution in [0.2, 0.25) is 0 Å². The lowest BCUT2D eigenvalue weighted by atomic mass is 10.0. The molecule has 0 amide bonds. The lowest BCUT2D eigenvalue weighted by Crippen LogP contribution is -2.50. The summed E-state index contributed by atoms with van der Waals surface area (Å²) in [6.07, 6.45) is -2.51. The molecule has 2 aromatic heterocycles. The molecule has 1 fully saturated rings. The largest absolute Gasteiger partial charge is 0.433 e. The van der Waals surface area contributed by atoms with Crippen molar-refractivity contribution in [2.24, 2.45) is 5.92 Å². The van der Waals surface area contributed by atoms with Crippen molar-refractivity contribution >= 4 is 17.7 Å². The van der Waals surface area contributed by atoms with Crippen molar-refractivity contribution in [2.75, 3.05) is 23.7 Å². The number of aromatic nitrogens is 4. The van der Waals surface area contributed by atoms with E-state index < -0.39 is 11.9 Å². The topological polar surface area (TPSA) is 63.9 Å². The predicted octanol–water partition coefficient (Wildman–Crippen LogP) is 1.98. The Hall–Kier alpha value is -2.10. The smallest absolute Gasteiger partial charge is 0.340 e. The average Bonchev–Trinajstić information content (AvgIpc) is 2.57. The first-order valence-corrected chi connectivity index (χ1v) is 9.38. The Morgan fingerprint density at radius 3 is 2.88 bits per heavy atom. The van der Waals surface area contributed by atoms with Gasteiger partial charge in [0, 0.05) is 43.4 Å². The van der Waals surface area contributed by atoms with E-state index in [1.54, 1.807) is 22.7 Å². The Labute approximate surface area is 151 Å². The molecule has 10 heteroatoms. The van der Waals surface area contributed by atoms with Gasteiger partial charge >= 0.3 is 6.18 Å². The number of hydrogen-bond donors (Lipinski definition) is 0. The summed E-state index contributed by atoms with van der Waals surface area (Å²) in [5, 5.41) is 4.47. The van der Waals surface area contributed by atoms with Gasteiger partial charge in [0.15, 0.2) is 0 Å². The highest BCUT2D eigenvalue weighted by molar-refractivity contribution is 7.98. The van der Waals surface area contributed by atoms with E-state index in [-0.39, 0.29) is 17.4 Å². The number of aryl methyl sites for hydroxylation is 1. The third-order valence-electron chi connectivity index (χ3n) is 4.51. The van der Waals surface area contributed by atoms with Crippen molar-refractivity contribution in [2.45, 2.75) is 24.9 Å². The molecule has 0 N–H and O–H groups in total. The summed E-state index contributed by atoms with van der Waals surface area (Å²) in [7, 11) is 0. The lowest BCUT2D eigenvalue weighted by Gasteiger charge is -2.39. The molecule has 0 bridgehead atoms. The highest BCUT2D eigenvalue weighted by atomic mass is 32.2. The van der Waals surface area contributed by atoms with E-state index in [9.17, 15) is 18.0 Å². The van der Waals surface area contributed by atoms with Gasteiger partial charge in [-0.3, -0.25) is 4.79 Å². The van der Waals surface area contributed by atoms with E-state index in [2.05, 4.69) is 15.1 Å². The monoisotopic (exact) mass is 383 g/mol. The van der Waals surface area contributed by atoms with Crippen LogP contribution in [0.3, 0.4) is 0 Å². The van der Waals surface area contributed by atoms with Crippen LogP contribution in [0.5, 0.6) is 0 Å². The number of anilines is 1. The maximum Gasteiger partial charge on any atom is 0.433 e. The molecule has 0 aromatic carbocycles. The van der Waals surface area contributed by atoms with Crippen molar-refractivity contribution in [1.29, 1.82) is 0 Å². The third kappa shape index (κ3) is 3.42. The molecule has 138 valence electrons. The van der Waals surface area contributed by atoms with Crippen LogP contribution in [0.1, 0.15) is 17.0 Å². The summed E-state index contributed by atoms with van der Waals surface area (Å²) in [6.45, 7) is 1.46. The average molecular weight is 383 g/mol. The molecule has 0 atom stereocenters. The number of nitrogens with zero attached hydrogens (tertiary/aromatic N) is 5. The van der Waals surface area contributed by atoms with Crippen molar-refractivity contribution in [1.82, 2.24) is 19.7 Å².